The molecule has 5 rings (SSSR count). The average molecular weight is 488 g/mol. The summed E-state index contributed by atoms with van der Waals surface area (Å²) in [6.45, 7) is 0. The minimum Gasteiger partial charge on any atom is -0.419 e. The van der Waals surface area contributed by atoms with E-state index in [-0.39, 0.29) is 11.5 Å². The Morgan fingerprint density at radius 2 is 1.35 bits per heavy atom. The number of fused-ring (bicyclic) bond motifs is 1. The van der Waals surface area contributed by atoms with Crippen molar-refractivity contribution in [1.82, 2.24) is 4.98 Å². The molecule has 0 saturated heterocycles. The molecule has 0 aliphatic rings. The number of anilines is 1. The van der Waals surface area contributed by atoms with Gasteiger partial charge in [-0.15, -0.1) is 0 Å². The summed E-state index contributed by atoms with van der Waals surface area (Å²) in [5.74, 6) is -0.939. The highest BCUT2D eigenvalue weighted by Gasteiger charge is 2.17. The van der Waals surface area contributed by atoms with E-state index in [1.165, 1.54) is 0 Å². The molecule has 0 bridgehead atoms. The SMILES string of the molecule is O=C(Oc1ccc(/C=N/Nc2cccc3cccnc23)cc1OC(=O)c1ccccc1)c1ccccc1. The maximum atomic E-state index is 12.7. The van der Waals surface area contributed by atoms with E-state index in [1.807, 2.05) is 30.3 Å². The standard InChI is InChI=1S/C30H21N3O4/c34-29(23-9-3-1-4-10-23)36-26-17-16-21(19-27(26)37-30(35)24-11-5-2-6-12-24)20-32-33-25-15-7-13-22-14-8-18-31-28(22)25/h1-20,33H/b32-20+. The largest absolute Gasteiger partial charge is 0.419 e. The second kappa shape index (κ2) is 11.0. The van der Waals surface area contributed by atoms with Crippen molar-refractivity contribution in [1.29, 1.82) is 0 Å². The Bertz CT molecular complexity index is 1580. The molecule has 0 unspecified atom stereocenters. The van der Waals surface area contributed by atoms with Crippen LogP contribution < -0.4 is 14.9 Å². The van der Waals surface area contributed by atoms with Crippen LogP contribution in [0.5, 0.6) is 11.5 Å². The zero-order valence-electron chi connectivity index (χ0n) is 19.6. The van der Waals surface area contributed by atoms with E-state index in [0.29, 0.717) is 16.7 Å². The molecule has 0 atom stereocenters. The van der Waals surface area contributed by atoms with Gasteiger partial charge in [0.05, 0.1) is 28.5 Å². The number of esters is 2. The third-order valence-electron chi connectivity index (χ3n) is 5.42. The second-order valence-corrected chi connectivity index (χ2v) is 7.97. The molecule has 7 nitrogen and oxygen atoms in total. The number of pyridine rings is 1. The van der Waals surface area contributed by atoms with Gasteiger partial charge in [0.15, 0.2) is 11.5 Å². The Kier molecular flexibility index (Phi) is 6.95. The molecule has 37 heavy (non-hydrogen) atoms. The minimum atomic E-state index is -0.577. The number of carbonyl (C=O) groups excluding carboxylic acids is 2. The molecular formula is C30H21N3O4. The van der Waals surface area contributed by atoms with E-state index >= 15 is 0 Å². The predicted molar refractivity (Wildman–Crippen MR) is 142 cm³/mol. The number of rotatable bonds is 7. The summed E-state index contributed by atoms with van der Waals surface area (Å²) in [6, 6.07) is 31.6. The van der Waals surface area contributed by atoms with Crippen LogP contribution in [0.25, 0.3) is 10.9 Å². The van der Waals surface area contributed by atoms with Gasteiger partial charge in [0, 0.05) is 11.6 Å². The lowest BCUT2D eigenvalue weighted by Gasteiger charge is -2.11. The lowest BCUT2D eigenvalue weighted by Crippen LogP contribution is -2.12. The lowest BCUT2D eigenvalue weighted by atomic mass is 10.2. The first-order valence-electron chi connectivity index (χ1n) is 11.5. The number of nitrogens with zero attached hydrogens (tertiary/aromatic N) is 2. The molecular weight excluding hydrogens is 466 g/mol. The van der Waals surface area contributed by atoms with E-state index in [4.69, 9.17) is 9.47 Å². The fraction of sp³-hybridized carbons (Fsp3) is 0. The van der Waals surface area contributed by atoms with Crippen molar-refractivity contribution in [3.05, 3.63) is 132 Å². The van der Waals surface area contributed by atoms with Gasteiger partial charge in [-0.2, -0.15) is 5.10 Å². The van der Waals surface area contributed by atoms with Gasteiger partial charge < -0.3 is 9.47 Å². The van der Waals surface area contributed by atoms with Gasteiger partial charge in [0.25, 0.3) is 0 Å². The first-order chi connectivity index (χ1) is 18.2. The first kappa shape index (κ1) is 23.4. The summed E-state index contributed by atoms with van der Waals surface area (Å²) in [5.41, 5.74) is 5.91. The number of benzene rings is 4. The number of aromatic nitrogens is 1. The van der Waals surface area contributed by atoms with E-state index in [2.05, 4.69) is 15.5 Å². The van der Waals surface area contributed by atoms with Crippen molar-refractivity contribution < 1.29 is 19.1 Å². The highest BCUT2D eigenvalue weighted by Crippen LogP contribution is 2.30. The van der Waals surface area contributed by atoms with Crippen molar-refractivity contribution in [2.75, 3.05) is 5.43 Å². The molecule has 0 spiro atoms. The van der Waals surface area contributed by atoms with Crippen LogP contribution in [0.4, 0.5) is 5.69 Å². The molecule has 0 aliphatic carbocycles. The number of hydrogen-bond donors (Lipinski definition) is 1. The van der Waals surface area contributed by atoms with E-state index in [0.717, 1.165) is 16.6 Å². The van der Waals surface area contributed by atoms with Crippen molar-refractivity contribution in [3.8, 4) is 11.5 Å². The summed E-state index contributed by atoms with van der Waals surface area (Å²) in [4.78, 5) is 29.8. The fourth-order valence-electron chi connectivity index (χ4n) is 3.61. The third kappa shape index (κ3) is 5.68. The highest BCUT2D eigenvalue weighted by atomic mass is 16.6. The van der Waals surface area contributed by atoms with Gasteiger partial charge in [-0.05, 0) is 60.2 Å². The van der Waals surface area contributed by atoms with Gasteiger partial charge in [0.2, 0.25) is 0 Å². The topological polar surface area (TPSA) is 89.9 Å². The molecule has 7 heteroatoms. The van der Waals surface area contributed by atoms with E-state index in [9.17, 15) is 9.59 Å². The Morgan fingerprint density at radius 1 is 0.703 bits per heavy atom. The van der Waals surface area contributed by atoms with Crippen molar-refractivity contribution >= 4 is 34.7 Å². The molecule has 0 saturated carbocycles. The number of ether oxygens (including phenoxy) is 2. The maximum absolute atomic E-state index is 12.7. The highest BCUT2D eigenvalue weighted by molar-refractivity contribution is 5.94. The van der Waals surface area contributed by atoms with Crippen molar-refractivity contribution in [3.63, 3.8) is 0 Å². The molecule has 4 aromatic carbocycles. The number of hydrazone groups is 1. The van der Waals surface area contributed by atoms with Gasteiger partial charge in [-0.3, -0.25) is 10.4 Å². The zero-order chi connectivity index (χ0) is 25.5. The average Bonchev–Trinajstić information content (AvgIpc) is 2.95. The van der Waals surface area contributed by atoms with Crippen LogP contribution in [-0.4, -0.2) is 23.1 Å². The Morgan fingerprint density at radius 3 is 2.05 bits per heavy atom. The van der Waals surface area contributed by atoms with Crippen LogP contribution >= 0.6 is 0 Å². The van der Waals surface area contributed by atoms with Crippen LogP contribution in [0, 0.1) is 0 Å². The Hall–Kier alpha value is -5.30. The zero-order valence-corrected chi connectivity index (χ0v) is 19.6. The molecule has 0 aliphatic heterocycles. The smallest absolute Gasteiger partial charge is 0.343 e. The second-order valence-electron chi connectivity index (χ2n) is 7.97. The number of para-hydroxylation sites is 1. The number of nitrogens with one attached hydrogen (secondary N) is 1. The quantitative estimate of drug-likeness (QED) is 0.129. The normalized spacial score (nSPS) is 10.8. The van der Waals surface area contributed by atoms with E-state index in [1.54, 1.807) is 91.3 Å². The molecule has 0 amide bonds. The summed E-state index contributed by atoms with van der Waals surface area (Å²) >= 11 is 0. The van der Waals surface area contributed by atoms with Crippen molar-refractivity contribution in [2.45, 2.75) is 0 Å². The summed E-state index contributed by atoms with van der Waals surface area (Å²) in [7, 11) is 0. The number of carbonyl (C=O) groups is 2. The summed E-state index contributed by atoms with van der Waals surface area (Å²) in [5, 5.41) is 5.30. The minimum absolute atomic E-state index is 0.0916. The van der Waals surface area contributed by atoms with Crippen LogP contribution in [0.1, 0.15) is 26.3 Å². The lowest BCUT2D eigenvalue weighted by molar-refractivity contribution is 0.0682. The van der Waals surface area contributed by atoms with Crippen LogP contribution in [-0.2, 0) is 0 Å². The summed E-state index contributed by atoms with van der Waals surface area (Å²) < 4.78 is 11.2. The molecule has 180 valence electrons. The third-order valence-corrected chi connectivity index (χ3v) is 5.42. The monoisotopic (exact) mass is 487 g/mol. The van der Waals surface area contributed by atoms with Gasteiger partial charge >= 0.3 is 11.9 Å². The van der Waals surface area contributed by atoms with Crippen molar-refractivity contribution in [2.24, 2.45) is 5.10 Å². The molecule has 0 fully saturated rings. The predicted octanol–water partition coefficient (Wildman–Crippen LogP) is 6.12. The van der Waals surface area contributed by atoms with Gasteiger partial charge in [0.1, 0.15) is 0 Å². The Balaban J connectivity index is 1.40. The van der Waals surface area contributed by atoms with Crippen LogP contribution in [0.3, 0.4) is 0 Å². The molecule has 1 heterocycles. The van der Waals surface area contributed by atoms with Gasteiger partial charge in [-0.1, -0.05) is 54.6 Å². The van der Waals surface area contributed by atoms with Gasteiger partial charge in [-0.25, -0.2) is 9.59 Å². The van der Waals surface area contributed by atoms with Crippen LogP contribution in [0.15, 0.2) is 120 Å². The maximum Gasteiger partial charge on any atom is 0.343 e. The molecule has 0 radical (unpaired) electrons. The molecule has 1 aromatic heterocycles. The molecule has 1 N–H and O–H groups in total. The summed E-state index contributed by atoms with van der Waals surface area (Å²) in [6.07, 6.45) is 3.30. The Labute approximate surface area is 213 Å². The van der Waals surface area contributed by atoms with E-state index < -0.39 is 11.9 Å². The molecule has 5 aromatic rings. The number of hydrogen-bond acceptors (Lipinski definition) is 7. The van der Waals surface area contributed by atoms with Crippen LogP contribution in [0.2, 0.25) is 0 Å². The first-order valence-corrected chi connectivity index (χ1v) is 11.5. The fourth-order valence-corrected chi connectivity index (χ4v) is 3.61.